The van der Waals surface area contributed by atoms with Crippen molar-refractivity contribution >= 4 is 5.91 Å². The molecule has 2 rings (SSSR count). The van der Waals surface area contributed by atoms with Gasteiger partial charge < -0.3 is 15.0 Å². The topological polar surface area (TPSA) is 41.6 Å². The number of carbonyl (C=O) groups excluding carboxylic acids is 1. The molecule has 1 N–H and O–H groups in total. The Balaban J connectivity index is 1.74. The molecule has 0 bridgehead atoms. The van der Waals surface area contributed by atoms with Crippen LogP contribution in [0.5, 0.6) is 5.75 Å². The number of nitrogens with one attached hydrogen (secondary N) is 1. The molecule has 1 heterocycles. The third kappa shape index (κ3) is 5.02. The minimum atomic E-state index is 0.0580. The van der Waals surface area contributed by atoms with Crippen molar-refractivity contribution in [1.29, 1.82) is 0 Å². The predicted molar refractivity (Wildman–Crippen MR) is 89.1 cm³/mol. The number of piperidine rings is 1. The number of rotatable bonds is 6. The largest absolute Gasteiger partial charge is 0.496 e. The summed E-state index contributed by atoms with van der Waals surface area (Å²) in [5.74, 6) is 2.35. The third-order valence-electron chi connectivity index (χ3n) is 4.24. The first-order valence-corrected chi connectivity index (χ1v) is 8.19. The lowest BCUT2D eigenvalue weighted by atomic mass is 9.92. The van der Waals surface area contributed by atoms with Crippen LogP contribution in [0.3, 0.4) is 0 Å². The van der Waals surface area contributed by atoms with Crippen LogP contribution >= 0.6 is 0 Å². The van der Waals surface area contributed by atoms with Gasteiger partial charge in [-0.1, -0.05) is 32.0 Å². The zero-order valence-electron chi connectivity index (χ0n) is 14.0. The number of ether oxygens (including phenoxy) is 1. The van der Waals surface area contributed by atoms with Crippen LogP contribution in [0.4, 0.5) is 0 Å². The second kappa shape index (κ2) is 8.18. The van der Waals surface area contributed by atoms with Crippen molar-refractivity contribution in [3.8, 4) is 5.75 Å². The van der Waals surface area contributed by atoms with E-state index >= 15 is 0 Å². The summed E-state index contributed by atoms with van der Waals surface area (Å²) in [6, 6.07) is 7.67. The van der Waals surface area contributed by atoms with Gasteiger partial charge in [-0.2, -0.15) is 0 Å². The molecule has 22 heavy (non-hydrogen) atoms. The van der Waals surface area contributed by atoms with Gasteiger partial charge >= 0.3 is 0 Å². The van der Waals surface area contributed by atoms with Gasteiger partial charge in [0.2, 0.25) is 5.91 Å². The fourth-order valence-corrected chi connectivity index (χ4v) is 3.41. The van der Waals surface area contributed by atoms with Gasteiger partial charge in [0.1, 0.15) is 5.75 Å². The minimum absolute atomic E-state index is 0.0580. The van der Waals surface area contributed by atoms with Gasteiger partial charge in [-0.15, -0.1) is 0 Å². The summed E-state index contributed by atoms with van der Waals surface area (Å²) in [5, 5.41) is 3.02. The standard InChI is InChI=1S/C18H28N2O2/c1-14-10-15(2)13-20(12-14)9-8-19-18(21)11-16-6-4-5-7-17(16)22-3/h4-7,14-15H,8-13H2,1-3H3,(H,19,21)/t14-,15+. The summed E-state index contributed by atoms with van der Waals surface area (Å²) in [6.45, 7) is 8.56. The highest BCUT2D eigenvalue weighted by Gasteiger charge is 2.21. The van der Waals surface area contributed by atoms with Crippen molar-refractivity contribution < 1.29 is 9.53 Å². The molecule has 4 heteroatoms. The Hall–Kier alpha value is -1.55. The molecule has 1 saturated heterocycles. The summed E-state index contributed by atoms with van der Waals surface area (Å²) in [7, 11) is 1.63. The molecule has 0 saturated carbocycles. The molecule has 1 fully saturated rings. The molecule has 0 spiro atoms. The lowest BCUT2D eigenvalue weighted by Gasteiger charge is -2.34. The Morgan fingerprint density at radius 2 is 1.95 bits per heavy atom. The molecule has 0 aliphatic carbocycles. The van der Waals surface area contributed by atoms with Crippen LogP contribution in [-0.2, 0) is 11.2 Å². The van der Waals surface area contributed by atoms with Crippen molar-refractivity contribution in [3.05, 3.63) is 29.8 Å². The Morgan fingerprint density at radius 3 is 2.64 bits per heavy atom. The number of benzene rings is 1. The van der Waals surface area contributed by atoms with E-state index in [1.807, 2.05) is 24.3 Å². The van der Waals surface area contributed by atoms with Gasteiger partial charge in [-0.3, -0.25) is 4.79 Å². The second-order valence-corrected chi connectivity index (χ2v) is 6.54. The molecule has 1 aromatic carbocycles. The van der Waals surface area contributed by atoms with E-state index in [1.165, 1.54) is 6.42 Å². The van der Waals surface area contributed by atoms with E-state index in [0.29, 0.717) is 13.0 Å². The summed E-state index contributed by atoms with van der Waals surface area (Å²) >= 11 is 0. The first-order valence-electron chi connectivity index (χ1n) is 8.19. The number of carbonyl (C=O) groups is 1. The highest BCUT2D eigenvalue weighted by atomic mass is 16.5. The fourth-order valence-electron chi connectivity index (χ4n) is 3.41. The zero-order valence-corrected chi connectivity index (χ0v) is 14.0. The monoisotopic (exact) mass is 304 g/mol. The minimum Gasteiger partial charge on any atom is -0.496 e. The van der Waals surface area contributed by atoms with Crippen molar-refractivity contribution in [3.63, 3.8) is 0 Å². The molecule has 4 nitrogen and oxygen atoms in total. The van der Waals surface area contributed by atoms with Crippen molar-refractivity contribution in [2.75, 3.05) is 33.3 Å². The molecule has 122 valence electrons. The van der Waals surface area contributed by atoms with Crippen LogP contribution in [0.2, 0.25) is 0 Å². The number of methoxy groups -OCH3 is 1. The second-order valence-electron chi connectivity index (χ2n) is 6.54. The van der Waals surface area contributed by atoms with Crippen LogP contribution in [0, 0.1) is 11.8 Å². The van der Waals surface area contributed by atoms with E-state index < -0.39 is 0 Å². The molecule has 0 aromatic heterocycles. The quantitative estimate of drug-likeness (QED) is 0.877. The average molecular weight is 304 g/mol. The van der Waals surface area contributed by atoms with Crippen molar-refractivity contribution in [1.82, 2.24) is 10.2 Å². The maximum absolute atomic E-state index is 12.1. The van der Waals surface area contributed by atoms with E-state index in [-0.39, 0.29) is 5.91 Å². The van der Waals surface area contributed by atoms with Crippen LogP contribution in [-0.4, -0.2) is 44.1 Å². The van der Waals surface area contributed by atoms with Gasteiger partial charge in [0.05, 0.1) is 13.5 Å². The highest BCUT2D eigenvalue weighted by molar-refractivity contribution is 5.79. The lowest BCUT2D eigenvalue weighted by molar-refractivity contribution is -0.120. The van der Waals surface area contributed by atoms with Crippen molar-refractivity contribution in [2.24, 2.45) is 11.8 Å². The van der Waals surface area contributed by atoms with E-state index in [2.05, 4.69) is 24.1 Å². The SMILES string of the molecule is COc1ccccc1CC(=O)NCCN1C[C@H](C)C[C@H](C)C1. The van der Waals surface area contributed by atoms with E-state index in [0.717, 1.165) is 42.8 Å². The van der Waals surface area contributed by atoms with Gasteiger partial charge in [0, 0.05) is 31.7 Å². The Bertz CT molecular complexity index is 480. The Morgan fingerprint density at radius 1 is 1.27 bits per heavy atom. The number of amides is 1. The lowest BCUT2D eigenvalue weighted by Crippen LogP contribution is -2.43. The zero-order chi connectivity index (χ0) is 15.9. The van der Waals surface area contributed by atoms with E-state index in [9.17, 15) is 4.79 Å². The molecule has 1 aliphatic heterocycles. The van der Waals surface area contributed by atoms with Crippen molar-refractivity contribution in [2.45, 2.75) is 26.7 Å². The van der Waals surface area contributed by atoms with E-state index in [1.54, 1.807) is 7.11 Å². The van der Waals surface area contributed by atoms with Crippen LogP contribution in [0.25, 0.3) is 0 Å². The first-order chi connectivity index (χ1) is 10.6. The molecule has 1 aromatic rings. The number of hydrogen-bond donors (Lipinski definition) is 1. The van der Waals surface area contributed by atoms with Crippen LogP contribution < -0.4 is 10.1 Å². The average Bonchev–Trinajstić information content (AvgIpc) is 2.46. The van der Waals surface area contributed by atoms with Gasteiger partial charge in [0.15, 0.2) is 0 Å². The van der Waals surface area contributed by atoms with Gasteiger partial charge in [-0.25, -0.2) is 0 Å². The van der Waals surface area contributed by atoms with Gasteiger partial charge in [0.25, 0.3) is 0 Å². The summed E-state index contributed by atoms with van der Waals surface area (Å²) < 4.78 is 5.28. The van der Waals surface area contributed by atoms with Crippen LogP contribution in [0.15, 0.2) is 24.3 Å². The Kier molecular flexibility index (Phi) is 6.25. The summed E-state index contributed by atoms with van der Waals surface area (Å²) in [4.78, 5) is 14.5. The molecule has 0 radical (unpaired) electrons. The summed E-state index contributed by atoms with van der Waals surface area (Å²) in [6.07, 6.45) is 1.69. The number of likely N-dealkylation sites (tertiary alicyclic amines) is 1. The molecule has 2 atom stereocenters. The van der Waals surface area contributed by atoms with Gasteiger partial charge in [-0.05, 0) is 24.3 Å². The maximum atomic E-state index is 12.1. The predicted octanol–water partition coefficient (Wildman–Crippen LogP) is 2.33. The van der Waals surface area contributed by atoms with Crippen LogP contribution in [0.1, 0.15) is 25.8 Å². The fraction of sp³-hybridized carbons (Fsp3) is 0.611. The number of para-hydroxylation sites is 1. The smallest absolute Gasteiger partial charge is 0.224 e. The Labute approximate surface area is 133 Å². The molecule has 0 unspecified atom stereocenters. The summed E-state index contributed by atoms with van der Waals surface area (Å²) in [5.41, 5.74) is 0.933. The number of nitrogens with zero attached hydrogens (tertiary/aromatic N) is 1. The van der Waals surface area contributed by atoms with E-state index in [4.69, 9.17) is 4.74 Å². The third-order valence-corrected chi connectivity index (χ3v) is 4.24. The highest BCUT2D eigenvalue weighted by Crippen LogP contribution is 2.20. The molecular formula is C18H28N2O2. The normalized spacial score (nSPS) is 22.3. The molecule has 1 aliphatic rings. The maximum Gasteiger partial charge on any atom is 0.224 e. The molecular weight excluding hydrogens is 276 g/mol. The molecule has 1 amide bonds. The first kappa shape index (κ1) is 16.8. The number of hydrogen-bond acceptors (Lipinski definition) is 3.